The second-order valence-electron chi connectivity index (χ2n) is 5.53. The molecule has 18 heavy (non-hydrogen) atoms. The van der Waals surface area contributed by atoms with Crippen molar-refractivity contribution in [3.05, 3.63) is 29.8 Å². The first kappa shape index (κ1) is 13.4. The molecule has 0 aliphatic heterocycles. The van der Waals surface area contributed by atoms with Gasteiger partial charge < -0.3 is 10.5 Å². The maximum Gasteiger partial charge on any atom is 0.119 e. The lowest BCUT2D eigenvalue weighted by molar-refractivity contribution is 0.130. The molecule has 0 amide bonds. The molecule has 0 bridgehead atoms. The van der Waals surface area contributed by atoms with Gasteiger partial charge in [0.05, 0.1) is 6.10 Å². The predicted octanol–water partition coefficient (Wildman–Crippen LogP) is 4.05. The molecule has 2 rings (SSSR count). The van der Waals surface area contributed by atoms with E-state index in [2.05, 4.69) is 19.1 Å². The lowest BCUT2D eigenvalue weighted by atomic mass is 9.86. The van der Waals surface area contributed by atoms with E-state index in [9.17, 15) is 0 Å². The average Bonchev–Trinajstić information content (AvgIpc) is 2.40. The molecular formula is C16H25NO. The van der Waals surface area contributed by atoms with Gasteiger partial charge in [0.1, 0.15) is 5.75 Å². The summed E-state index contributed by atoms with van der Waals surface area (Å²) >= 11 is 0. The Kier molecular flexibility index (Phi) is 4.65. The SMILES string of the molecule is CCC1CCC(Oc2ccc([C@@H](C)N)cc2)CC1. The van der Waals surface area contributed by atoms with E-state index in [1.54, 1.807) is 0 Å². The lowest BCUT2D eigenvalue weighted by Crippen LogP contribution is -2.23. The summed E-state index contributed by atoms with van der Waals surface area (Å²) in [4.78, 5) is 0. The normalized spacial score (nSPS) is 25.7. The van der Waals surface area contributed by atoms with Gasteiger partial charge in [-0.2, -0.15) is 0 Å². The van der Waals surface area contributed by atoms with Crippen LogP contribution in [0.2, 0.25) is 0 Å². The quantitative estimate of drug-likeness (QED) is 0.871. The number of ether oxygens (including phenoxy) is 1. The zero-order chi connectivity index (χ0) is 13.0. The Labute approximate surface area is 111 Å². The fourth-order valence-electron chi connectivity index (χ4n) is 2.70. The number of benzene rings is 1. The zero-order valence-corrected chi connectivity index (χ0v) is 11.6. The average molecular weight is 247 g/mol. The molecule has 0 spiro atoms. The van der Waals surface area contributed by atoms with E-state index in [-0.39, 0.29) is 6.04 Å². The van der Waals surface area contributed by atoms with Crippen molar-refractivity contribution >= 4 is 0 Å². The van der Waals surface area contributed by atoms with E-state index in [0.29, 0.717) is 6.10 Å². The van der Waals surface area contributed by atoms with Gasteiger partial charge in [-0.25, -0.2) is 0 Å². The van der Waals surface area contributed by atoms with Crippen molar-refractivity contribution in [2.75, 3.05) is 0 Å². The second-order valence-corrected chi connectivity index (χ2v) is 5.53. The molecule has 1 atom stereocenters. The molecule has 0 heterocycles. The van der Waals surface area contributed by atoms with Gasteiger partial charge in [0.25, 0.3) is 0 Å². The predicted molar refractivity (Wildman–Crippen MR) is 75.7 cm³/mol. The zero-order valence-electron chi connectivity index (χ0n) is 11.6. The van der Waals surface area contributed by atoms with E-state index >= 15 is 0 Å². The minimum absolute atomic E-state index is 0.0963. The van der Waals surface area contributed by atoms with Crippen LogP contribution in [0.4, 0.5) is 0 Å². The molecule has 1 aromatic rings. The third-order valence-electron chi connectivity index (χ3n) is 4.08. The van der Waals surface area contributed by atoms with Gasteiger partial charge in [0.2, 0.25) is 0 Å². The Morgan fingerprint density at radius 2 is 1.78 bits per heavy atom. The van der Waals surface area contributed by atoms with Crippen LogP contribution in [0.15, 0.2) is 24.3 Å². The van der Waals surface area contributed by atoms with Crippen LogP contribution in [-0.4, -0.2) is 6.10 Å². The molecule has 1 aliphatic rings. The summed E-state index contributed by atoms with van der Waals surface area (Å²) in [5.74, 6) is 1.91. The molecule has 100 valence electrons. The van der Waals surface area contributed by atoms with Crippen LogP contribution >= 0.6 is 0 Å². The van der Waals surface area contributed by atoms with Gasteiger partial charge in [-0.05, 0) is 56.2 Å². The Morgan fingerprint density at radius 3 is 2.28 bits per heavy atom. The largest absolute Gasteiger partial charge is 0.490 e. The maximum atomic E-state index is 6.04. The molecule has 0 radical (unpaired) electrons. The maximum absolute atomic E-state index is 6.04. The van der Waals surface area contributed by atoms with Gasteiger partial charge in [-0.1, -0.05) is 25.5 Å². The lowest BCUT2D eigenvalue weighted by Gasteiger charge is -2.28. The van der Waals surface area contributed by atoms with Crippen molar-refractivity contribution < 1.29 is 4.74 Å². The molecule has 2 N–H and O–H groups in total. The summed E-state index contributed by atoms with van der Waals surface area (Å²) in [7, 11) is 0. The van der Waals surface area contributed by atoms with E-state index in [0.717, 1.165) is 17.2 Å². The molecule has 1 fully saturated rings. The molecule has 2 nitrogen and oxygen atoms in total. The van der Waals surface area contributed by atoms with Crippen LogP contribution in [0, 0.1) is 5.92 Å². The minimum Gasteiger partial charge on any atom is -0.490 e. The first-order valence-electron chi connectivity index (χ1n) is 7.21. The smallest absolute Gasteiger partial charge is 0.119 e. The number of nitrogens with two attached hydrogens (primary N) is 1. The number of rotatable bonds is 4. The first-order valence-corrected chi connectivity index (χ1v) is 7.21. The van der Waals surface area contributed by atoms with Gasteiger partial charge >= 0.3 is 0 Å². The molecule has 2 heteroatoms. The van der Waals surface area contributed by atoms with Gasteiger partial charge in [0.15, 0.2) is 0 Å². The summed E-state index contributed by atoms with van der Waals surface area (Å²) in [6, 6.07) is 8.32. The van der Waals surface area contributed by atoms with Crippen LogP contribution in [0.25, 0.3) is 0 Å². The second kappa shape index (κ2) is 6.24. The van der Waals surface area contributed by atoms with Gasteiger partial charge in [0, 0.05) is 6.04 Å². The molecule has 0 saturated heterocycles. The van der Waals surface area contributed by atoms with Crippen LogP contribution in [0.1, 0.15) is 57.6 Å². The number of hydrogen-bond acceptors (Lipinski definition) is 2. The fraction of sp³-hybridized carbons (Fsp3) is 0.625. The minimum atomic E-state index is 0.0963. The molecule has 0 aromatic heterocycles. The summed E-state index contributed by atoms with van der Waals surface area (Å²) < 4.78 is 6.04. The third kappa shape index (κ3) is 3.49. The van der Waals surface area contributed by atoms with Crippen molar-refractivity contribution in [3.63, 3.8) is 0 Å². The highest BCUT2D eigenvalue weighted by molar-refractivity contribution is 5.28. The molecule has 0 unspecified atom stereocenters. The Morgan fingerprint density at radius 1 is 1.17 bits per heavy atom. The van der Waals surface area contributed by atoms with Crippen molar-refractivity contribution in [1.82, 2.24) is 0 Å². The highest BCUT2D eigenvalue weighted by Crippen LogP contribution is 2.29. The summed E-state index contributed by atoms with van der Waals surface area (Å²) in [5.41, 5.74) is 7.00. The van der Waals surface area contributed by atoms with E-state index in [1.165, 1.54) is 32.1 Å². The molecule has 1 aliphatic carbocycles. The Hall–Kier alpha value is -1.02. The summed E-state index contributed by atoms with van der Waals surface area (Å²) in [6.07, 6.45) is 6.77. The van der Waals surface area contributed by atoms with Crippen molar-refractivity contribution in [2.45, 2.75) is 58.1 Å². The monoisotopic (exact) mass is 247 g/mol. The molecule has 1 saturated carbocycles. The molecule has 1 aromatic carbocycles. The third-order valence-corrected chi connectivity index (χ3v) is 4.08. The Balaban J connectivity index is 1.86. The topological polar surface area (TPSA) is 35.2 Å². The fourth-order valence-corrected chi connectivity index (χ4v) is 2.70. The van der Waals surface area contributed by atoms with Crippen LogP contribution in [-0.2, 0) is 0 Å². The first-order chi connectivity index (χ1) is 8.69. The van der Waals surface area contributed by atoms with Gasteiger partial charge in [-0.3, -0.25) is 0 Å². The number of hydrogen-bond donors (Lipinski definition) is 1. The Bertz CT molecular complexity index is 350. The van der Waals surface area contributed by atoms with E-state index < -0.39 is 0 Å². The van der Waals surface area contributed by atoms with Gasteiger partial charge in [-0.15, -0.1) is 0 Å². The standard InChI is InChI=1S/C16H25NO/c1-3-13-4-8-15(9-5-13)18-16-10-6-14(7-11-16)12(2)17/h6-7,10-13,15H,3-5,8-9,17H2,1-2H3/t12-,13?,15?/m1/s1. The van der Waals surface area contributed by atoms with Crippen molar-refractivity contribution in [1.29, 1.82) is 0 Å². The summed E-state index contributed by atoms with van der Waals surface area (Å²) in [5, 5.41) is 0. The highest BCUT2D eigenvalue weighted by atomic mass is 16.5. The molecular weight excluding hydrogens is 222 g/mol. The summed E-state index contributed by atoms with van der Waals surface area (Å²) in [6.45, 7) is 4.29. The van der Waals surface area contributed by atoms with Crippen LogP contribution in [0.3, 0.4) is 0 Å². The van der Waals surface area contributed by atoms with Crippen LogP contribution < -0.4 is 10.5 Å². The van der Waals surface area contributed by atoms with E-state index in [4.69, 9.17) is 10.5 Å². The van der Waals surface area contributed by atoms with Crippen molar-refractivity contribution in [2.24, 2.45) is 11.7 Å². The van der Waals surface area contributed by atoms with Crippen LogP contribution in [0.5, 0.6) is 5.75 Å². The highest BCUT2D eigenvalue weighted by Gasteiger charge is 2.21. The van der Waals surface area contributed by atoms with E-state index in [1.807, 2.05) is 19.1 Å². The van der Waals surface area contributed by atoms with Crippen molar-refractivity contribution in [3.8, 4) is 5.75 Å².